The molecule has 6 heteroatoms. The monoisotopic (exact) mass is 724 g/mol. The molecule has 0 N–H and O–H groups in total. The third kappa shape index (κ3) is 5.50. The van der Waals surface area contributed by atoms with Gasteiger partial charge in [0.2, 0.25) is 0 Å². The molecular weight excluding hydrogens is 688 g/mol. The van der Waals surface area contributed by atoms with Crippen LogP contribution in [0.1, 0.15) is 75.6 Å². The molecule has 0 radical (unpaired) electrons. The van der Waals surface area contributed by atoms with E-state index in [0.29, 0.717) is 0 Å². The zero-order valence-corrected chi connectivity index (χ0v) is 31.2. The molecule has 5 rings (SSSR count). The Balaban J connectivity index is 1.83. The summed E-state index contributed by atoms with van der Waals surface area (Å²) in [5.74, 6) is 8.07. The highest BCUT2D eigenvalue weighted by Gasteiger charge is 2.34. The van der Waals surface area contributed by atoms with Crippen LogP contribution in [-0.4, -0.2) is 16.1 Å². The van der Waals surface area contributed by atoms with Gasteiger partial charge in [-0.05, 0) is 138 Å². The largest absolute Gasteiger partial charge is 0.137 e. The minimum atomic E-state index is -1.61. The fourth-order valence-corrected chi connectivity index (χ4v) is 14.4. The lowest BCUT2D eigenvalue weighted by Crippen LogP contribution is -2.30. The van der Waals surface area contributed by atoms with E-state index in [4.69, 9.17) is 0 Å². The molecule has 4 aromatic rings. The van der Waals surface area contributed by atoms with Gasteiger partial charge in [-0.3, -0.25) is 0 Å². The van der Waals surface area contributed by atoms with Crippen molar-refractivity contribution >= 4 is 90.9 Å². The quantitative estimate of drug-likeness (QED) is 0.137. The summed E-state index contributed by atoms with van der Waals surface area (Å²) in [6.07, 6.45) is 0. The highest BCUT2D eigenvalue weighted by molar-refractivity contribution is 9.11. The lowest BCUT2D eigenvalue weighted by Gasteiger charge is -2.31. The second-order valence-corrected chi connectivity index (χ2v) is 26.0. The number of benzene rings is 2. The van der Waals surface area contributed by atoms with Crippen LogP contribution >= 0.6 is 54.5 Å². The second-order valence-electron chi connectivity index (χ2n) is 11.2. The summed E-state index contributed by atoms with van der Waals surface area (Å²) < 4.78 is 5.02. The Morgan fingerprint density at radius 3 is 1.20 bits per heavy atom. The van der Waals surface area contributed by atoms with E-state index in [1.165, 1.54) is 86.3 Å². The lowest BCUT2D eigenvalue weighted by molar-refractivity contribution is 0.895. The number of hydrogen-bond acceptors (Lipinski definition) is 2. The third-order valence-electron chi connectivity index (χ3n) is 9.65. The summed E-state index contributed by atoms with van der Waals surface area (Å²) >= 11 is 11.2. The Labute approximate surface area is 267 Å². The van der Waals surface area contributed by atoms with Crippen LogP contribution in [0.3, 0.4) is 0 Å². The summed E-state index contributed by atoms with van der Waals surface area (Å²) in [5.41, 5.74) is 13.5. The van der Waals surface area contributed by atoms with E-state index in [0.717, 1.165) is 0 Å². The fourth-order valence-electron chi connectivity index (χ4n) is 6.30. The minimum Gasteiger partial charge on any atom is -0.130 e. The molecule has 2 aromatic heterocycles. The van der Waals surface area contributed by atoms with E-state index in [9.17, 15) is 0 Å². The molecular formula is C34H38Br2S2Si2. The second kappa shape index (κ2) is 12.2. The molecule has 0 saturated heterocycles. The van der Waals surface area contributed by atoms with Crippen LogP contribution in [0, 0.1) is 22.9 Å². The van der Waals surface area contributed by atoms with Crippen LogP contribution in [0.25, 0.3) is 20.2 Å². The average molecular weight is 727 g/mol. The molecule has 0 spiro atoms. The van der Waals surface area contributed by atoms with Crippen molar-refractivity contribution in [3.63, 3.8) is 0 Å². The molecule has 2 heterocycles. The molecule has 1 aliphatic rings. The van der Waals surface area contributed by atoms with Crippen LogP contribution in [-0.2, 0) is 0 Å². The first kappa shape index (κ1) is 30.3. The molecule has 1 aliphatic carbocycles. The van der Waals surface area contributed by atoms with Crippen molar-refractivity contribution in [1.29, 1.82) is 0 Å². The van der Waals surface area contributed by atoms with Gasteiger partial charge < -0.3 is 0 Å². The Morgan fingerprint density at radius 1 is 0.550 bits per heavy atom. The van der Waals surface area contributed by atoms with Crippen molar-refractivity contribution in [2.45, 2.75) is 89.6 Å². The summed E-state index contributed by atoms with van der Waals surface area (Å²) in [7, 11) is -3.22. The smallest absolute Gasteiger partial charge is 0.130 e. The van der Waals surface area contributed by atoms with E-state index in [-0.39, 0.29) is 11.8 Å². The first-order chi connectivity index (χ1) is 19.2. The number of halogens is 2. The van der Waals surface area contributed by atoms with Gasteiger partial charge in [-0.25, -0.2) is 0 Å². The Morgan fingerprint density at radius 2 is 0.875 bits per heavy atom. The van der Waals surface area contributed by atoms with E-state index in [1.54, 1.807) is 0 Å². The van der Waals surface area contributed by atoms with Gasteiger partial charge in [-0.2, -0.15) is 0 Å². The van der Waals surface area contributed by atoms with Crippen molar-refractivity contribution < 1.29 is 0 Å². The first-order valence-corrected chi connectivity index (χ1v) is 23.2. The normalized spacial score (nSPS) is 16.7. The molecule has 2 atom stereocenters. The molecule has 0 saturated carbocycles. The molecule has 2 aromatic carbocycles. The highest BCUT2D eigenvalue weighted by atomic mass is 79.9. The third-order valence-corrected chi connectivity index (χ3v) is 22.3. The Kier molecular flexibility index (Phi) is 9.28. The molecule has 0 bridgehead atoms. The summed E-state index contributed by atoms with van der Waals surface area (Å²) in [4.78, 5) is 0. The van der Waals surface area contributed by atoms with E-state index in [1.807, 2.05) is 22.7 Å². The minimum absolute atomic E-state index is 0.0819. The summed E-state index contributed by atoms with van der Waals surface area (Å²) in [6.45, 7) is 14.1. The number of rotatable bonds is 6. The Hall–Kier alpha value is -1.13. The Bertz CT molecular complexity index is 1460. The van der Waals surface area contributed by atoms with E-state index >= 15 is 0 Å². The average Bonchev–Trinajstić information content (AvgIpc) is 3.52. The predicted molar refractivity (Wildman–Crippen MR) is 193 cm³/mol. The predicted octanol–water partition coefficient (Wildman–Crippen LogP) is 12.3. The first-order valence-electron chi connectivity index (χ1n) is 14.8. The molecule has 0 amide bonds. The van der Waals surface area contributed by atoms with Crippen LogP contribution in [0.2, 0.25) is 36.3 Å². The molecule has 0 aliphatic heterocycles. The van der Waals surface area contributed by atoms with Gasteiger partial charge in [-0.1, -0.05) is 53.4 Å². The lowest BCUT2D eigenvalue weighted by atomic mass is 9.72. The van der Waals surface area contributed by atoms with Crippen LogP contribution < -0.4 is 0 Å². The number of hydrogen-bond donors (Lipinski definition) is 0. The molecule has 2 unspecified atom stereocenters. The number of thiophene rings is 2. The molecule has 40 heavy (non-hydrogen) atoms. The van der Waals surface area contributed by atoms with Crippen molar-refractivity contribution in [3.8, 4) is 22.9 Å². The highest BCUT2D eigenvalue weighted by Crippen LogP contribution is 2.48. The van der Waals surface area contributed by atoms with Gasteiger partial charge in [0.15, 0.2) is 0 Å². The van der Waals surface area contributed by atoms with Gasteiger partial charge >= 0.3 is 0 Å². The van der Waals surface area contributed by atoms with Gasteiger partial charge in [0.05, 0.1) is 19.4 Å². The van der Waals surface area contributed by atoms with E-state index < -0.39 is 16.1 Å². The maximum atomic E-state index is 3.99. The van der Waals surface area contributed by atoms with Crippen molar-refractivity contribution in [2.75, 3.05) is 0 Å². The zero-order chi connectivity index (χ0) is 28.7. The van der Waals surface area contributed by atoms with Gasteiger partial charge in [0, 0.05) is 9.40 Å². The standard InChI is InChI=1S/C34H38Br2S2Si2/c1-7-39(8-2,9-3)15-13-25-27-17-23-19-33(35)38-32(23)22-30(27)26(14-16-40(10-4,11-5)12-6)28-18-24-20-34(36)37-31(24)21-29(25)28/h17-22,25-26H,7-12H2,1-6H3. The van der Waals surface area contributed by atoms with Crippen molar-refractivity contribution in [2.24, 2.45) is 0 Å². The van der Waals surface area contributed by atoms with Gasteiger partial charge in [0.1, 0.15) is 16.1 Å². The van der Waals surface area contributed by atoms with Crippen molar-refractivity contribution in [1.82, 2.24) is 0 Å². The van der Waals surface area contributed by atoms with Gasteiger partial charge in [0.25, 0.3) is 0 Å². The van der Waals surface area contributed by atoms with Crippen LogP contribution in [0.4, 0.5) is 0 Å². The van der Waals surface area contributed by atoms with Crippen molar-refractivity contribution in [3.05, 3.63) is 66.2 Å². The SMILES string of the molecule is CC[Si](C#CC1c2cc3cc(Br)sc3cc2C(C#C[Si](CC)(CC)CC)c2cc3cc(Br)sc3cc21)(CC)CC. The maximum Gasteiger partial charge on any atom is 0.137 e. The molecule has 208 valence electrons. The van der Waals surface area contributed by atoms with Gasteiger partial charge in [-0.15, -0.1) is 33.8 Å². The molecule has 0 nitrogen and oxygen atoms in total. The van der Waals surface area contributed by atoms with Crippen LogP contribution in [0.15, 0.2) is 44.0 Å². The van der Waals surface area contributed by atoms with Crippen LogP contribution in [0.5, 0.6) is 0 Å². The van der Waals surface area contributed by atoms with E-state index in [2.05, 4.69) is 133 Å². The number of fused-ring (bicyclic) bond motifs is 4. The molecule has 0 fully saturated rings. The fraction of sp³-hybridized carbons (Fsp3) is 0.412. The maximum absolute atomic E-state index is 3.99. The summed E-state index contributed by atoms with van der Waals surface area (Å²) in [5, 5.41) is 2.61. The summed E-state index contributed by atoms with van der Waals surface area (Å²) in [6, 6.07) is 21.6. The zero-order valence-electron chi connectivity index (χ0n) is 24.4. The topological polar surface area (TPSA) is 0 Å².